The van der Waals surface area contributed by atoms with E-state index in [1.807, 2.05) is 0 Å². The standard InChI is InChI=1S/C20H21FN4O2/c21-16-5-2-1-4-15(16)13-24-17-6-3-9-23-18(17)19(26)25(20(24)27)12-14-7-10-22-11-8-14/h1-2,4-5,7-8,10-11,17-18,23H,3,6,9,12-13H2. The lowest BCUT2D eigenvalue weighted by atomic mass is 9.93. The minimum atomic E-state index is -0.454. The first-order chi connectivity index (χ1) is 13.1. The summed E-state index contributed by atoms with van der Waals surface area (Å²) in [5, 5.41) is 3.25. The number of carbonyl (C=O) groups is 2. The Morgan fingerprint density at radius 1 is 1.11 bits per heavy atom. The average molecular weight is 368 g/mol. The fourth-order valence-electron chi connectivity index (χ4n) is 3.83. The summed E-state index contributed by atoms with van der Waals surface area (Å²) in [5.74, 6) is -0.561. The van der Waals surface area contributed by atoms with Crippen molar-refractivity contribution < 1.29 is 14.0 Å². The summed E-state index contributed by atoms with van der Waals surface area (Å²) in [6, 6.07) is 8.93. The van der Waals surface area contributed by atoms with Crippen LogP contribution in [-0.2, 0) is 17.9 Å². The van der Waals surface area contributed by atoms with Gasteiger partial charge in [-0.05, 0) is 43.1 Å². The maximum Gasteiger partial charge on any atom is 0.327 e. The number of aromatic nitrogens is 1. The number of imide groups is 1. The van der Waals surface area contributed by atoms with Gasteiger partial charge in [-0.3, -0.25) is 14.7 Å². The third-order valence-corrected chi connectivity index (χ3v) is 5.22. The number of hydrogen-bond donors (Lipinski definition) is 1. The van der Waals surface area contributed by atoms with Gasteiger partial charge in [0, 0.05) is 18.0 Å². The Hall–Kier alpha value is -2.80. The minimum absolute atomic E-state index is 0.147. The molecule has 140 valence electrons. The number of pyridine rings is 1. The molecule has 2 saturated heterocycles. The molecule has 2 aliphatic heterocycles. The number of urea groups is 1. The van der Waals surface area contributed by atoms with E-state index in [1.54, 1.807) is 47.6 Å². The number of nitrogens with one attached hydrogen (secondary N) is 1. The maximum absolute atomic E-state index is 14.2. The van der Waals surface area contributed by atoms with Crippen molar-refractivity contribution in [3.63, 3.8) is 0 Å². The Morgan fingerprint density at radius 2 is 1.89 bits per heavy atom. The van der Waals surface area contributed by atoms with Gasteiger partial charge in [-0.2, -0.15) is 0 Å². The first-order valence-electron chi connectivity index (χ1n) is 9.13. The molecule has 1 N–H and O–H groups in total. The number of halogens is 1. The van der Waals surface area contributed by atoms with Crippen molar-refractivity contribution in [1.29, 1.82) is 0 Å². The van der Waals surface area contributed by atoms with Gasteiger partial charge in [0.25, 0.3) is 0 Å². The van der Waals surface area contributed by atoms with E-state index in [1.165, 1.54) is 11.0 Å². The smallest absolute Gasteiger partial charge is 0.315 e. The summed E-state index contributed by atoms with van der Waals surface area (Å²) in [7, 11) is 0. The van der Waals surface area contributed by atoms with Gasteiger partial charge in [0.05, 0.1) is 19.1 Å². The molecule has 2 fully saturated rings. The molecule has 0 radical (unpaired) electrons. The number of rotatable bonds is 4. The van der Waals surface area contributed by atoms with Crippen molar-refractivity contribution in [3.8, 4) is 0 Å². The predicted octanol–water partition coefficient (Wildman–Crippen LogP) is 2.31. The minimum Gasteiger partial charge on any atom is -0.315 e. The molecule has 3 amide bonds. The second-order valence-corrected chi connectivity index (χ2v) is 6.92. The molecule has 2 aliphatic rings. The maximum atomic E-state index is 14.2. The highest BCUT2D eigenvalue weighted by molar-refractivity contribution is 6.00. The fraction of sp³-hybridized carbons (Fsp3) is 0.350. The largest absolute Gasteiger partial charge is 0.327 e. The zero-order valence-corrected chi connectivity index (χ0v) is 14.8. The average Bonchev–Trinajstić information content (AvgIpc) is 2.70. The Bertz CT molecular complexity index is 845. The van der Waals surface area contributed by atoms with E-state index in [9.17, 15) is 14.0 Å². The van der Waals surface area contributed by atoms with Crippen LogP contribution in [0.3, 0.4) is 0 Å². The second-order valence-electron chi connectivity index (χ2n) is 6.92. The summed E-state index contributed by atoms with van der Waals surface area (Å²) in [6.45, 7) is 1.06. The topological polar surface area (TPSA) is 65.5 Å². The van der Waals surface area contributed by atoms with E-state index in [4.69, 9.17) is 0 Å². The molecule has 1 aromatic heterocycles. The molecule has 2 atom stereocenters. The Morgan fingerprint density at radius 3 is 2.67 bits per heavy atom. The van der Waals surface area contributed by atoms with Crippen molar-refractivity contribution in [3.05, 3.63) is 65.7 Å². The van der Waals surface area contributed by atoms with Crippen LogP contribution in [0.5, 0.6) is 0 Å². The van der Waals surface area contributed by atoms with Crippen LogP contribution in [0.15, 0.2) is 48.8 Å². The van der Waals surface area contributed by atoms with Gasteiger partial charge in [-0.15, -0.1) is 0 Å². The van der Waals surface area contributed by atoms with Crippen LogP contribution in [0.4, 0.5) is 9.18 Å². The zero-order valence-electron chi connectivity index (χ0n) is 14.8. The van der Waals surface area contributed by atoms with Crippen LogP contribution >= 0.6 is 0 Å². The van der Waals surface area contributed by atoms with E-state index < -0.39 is 6.04 Å². The molecule has 27 heavy (non-hydrogen) atoms. The normalized spacial score (nSPS) is 22.7. The number of hydrogen-bond acceptors (Lipinski definition) is 4. The predicted molar refractivity (Wildman–Crippen MR) is 96.9 cm³/mol. The van der Waals surface area contributed by atoms with Crippen molar-refractivity contribution in [2.75, 3.05) is 6.54 Å². The van der Waals surface area contributed by atoms with Crippen LogP contribution in [0.2, 0.25) is 0 Å². The third-order valence-electron chi connectivity index (χ3n) is 5.22. The van der Waals surface area contributed by atoms with Gasteiger partial charge in [0.15, 0.2) is 0 Å². The van der Waals surface area contributed by atoms with E-state index in [0.717, 1.165) is 24.9 Å². The van der Waals surface area contributed by atoms with Gasteiger partial charge >= 0.3 is 6.03 Å². The number of carbonyl (C=O) groups excluding carboxylic acids is 2. The van der Waals surface area contributed by atoms with E-state index in [0.29, 0.717) is 5.56 Å². The molecular weight excluding hydrogens is 347 g/mol. The van der Waals surface area contributed by atoms with Crippen LogP contribution in [0.1, 0.15) is 24.0 Å². The van der Waals surface area contributed by atoms with E-state index in [-0.39, 0.29) is 36.9 Å². The van der Waals surface area contributed by atoms with E-state index >= 15 is 0 Å². The quantitative estimate of drug-likeness (QED) is 0.899. The van der Waals surface area contributed by atoms with Gasteiger partial charge < -0.3 is 10.2 Å². The fourth-order valence-corrected chi connectivity index (χ4v) is 3.83. The van der Waals surface area contributed by atoms with Crippen molar-refractivity contribution in [2.45, 2.75) is 38.0 Å². The highest BCUT2D eigenvalue weighted by Crippen LogP contribution is 2.28. The Labute approximate surface area is 157 Å². The van der Waals surface area contributed by atoms with Crippen LogP contribution in [0, 0.1) is 5.82 Å². The number of nitrogens with zero attached hydrogens (tertiary/aromatic N) is 3. The summed E-state index contributed by atoms with van der Waals surface area (Å²) >= 11 is 0. The van der Waals surface area contributed by atoms with Crippen molar-refractivity contribution in [1.82, 2.24) is 20.1 Å². The Balaban J connectivity index is 1.64. The molecule has 7 heteroatoms. The first kappa shape index (κ1) is 17.6. The van der Waals surface area contributed by atoms with Gasteiger partial charge in [-0.1, -0.05) is 18.2 Å². The third kappa shape index (κ3) is 3.42. The number of piperidine rings is 1. The number of fused-ring (bicyclic) bond motifs is 1. The SMILES string of the molecule is O=C1C2NCCCC2N(Cc2ccccc2F)C(=O)N1Cc1ccncc1. The highest BCUT2D eigenvalue weighted by Gasteiger charge is 2.47. The molecular formula is C20H21FN4O2. The molecule has 6 nitrogen and oxygen atoms in total. The summed E-state index contributed by atoms with van der Waals surface area (Å²) in [6.07, 6.45) is 4.87. The molecule has 2 unspecified atom stereocenters. The molecule has 4 rings (SSSR count). The lowest BCUT2D eigenvalue weighted by Gasteiger charge is -2.47. The van der Waals surface area contributed by atoms with Crippen molar-refractivity contribution in [2.24, 2.45) is 0 Å². The molecule has 0 bridgehead atoms. The lowest BCUT2D eigenvalue weighted by Crippen LogP contribution is -2.68. The molecule has 0 aliphatic carbocycles. The monoisotopic (exact) mass is 368 g/mol. The van der Waals surface area contributed by atoms with Gasteiger partial charge in [-0.25, -0.2) is 9.18 Å². The van der Waals surface area contributed by atoms with E-state index in [2.05, 4.69) is 10.3 Å². The zero-order chi connectivity index (χ0) is 18.8. The van der Waals surface area contributed by atoms with Crippen molar-refractivity contribution >= 4 is 11.9 Å². The van der Waals surface area contributed by atoms with Crippen LogP contribution in [0.25, 0.3) is 0 Å². The number of benzene rings is 1. The van der Waals surface area contributed by atoms with Crippen LogP contribution < -0.4 is 5.32 Å². The summed E-state index contributed by atoms with van der Waals surface area (Å²) < 4.78 is 14.2. The molecule has 3 heterocycles. The lowest BCUT2D eigenvalue weighted by molar-refractivity contribution is -0.137. The molecule has 0 saturated carbocycles. The molecule has 2 aromatic rings. The van der Waals surface area contributed by atoms with Crippen LogP contribution in [-0.4, -0.2) is 45.4 Å². The number of amides is 3. The van der Waals surface area contributed by atoms with Gasteiger partial charge in [0.2, 0.25) is 5.91 Å². The molecule has 1 aromatic carbocycles. The summed E-state index contributed by atoms with van der Waals surface area (Å²) in [5.41, 5.74) is 1.28. The Kier molecular flexibility index (Phi) is 4.85. The first-order valence-corrected chi connectivity index (χ1v) is 9.13. The highest BCUT2D eigenvalue weighted by atomic mass is 19.1. The summed E-state index contributed by atoms with van der Waals surface area (Å²) in [4.78, 5) is 33.0. The molecule has 0 spiro atoms. The van der Waals surface area contributed by atoms with Gasteiger partial charge in [0.1, 0.15) is 11.9 Å². The second kappa shape index (κ2) is 7.44.